The summed E-state index contributed by atoms with van der Waals surface area (Å²) in [7, 11) is -4.30. The summed E-state index contributed by atoms with van der Waals surface area (Å²) in [6, 6.07) is 17.1. The van der Waals surface area contributed by atoms with Gasteiger partial charge in [0.25, 0.3) is 10.1 Å². The molecule has 0 saturated carbocycles. The third kappa shape index (κ3) is 5.26. The molecule has 29 heavy (non-hydrogen) atoms. The van der Waals surface area contributed by atoms with Crippen molar-refractivity contribution < 1.29 is 18.1 Å². The van der Waals surface area contributed by atoms with Gasteiger partial charge >= 0.3 is 0 Å². The molecule has 1 atom stereocenters. The van der Waals surface area contributed by atoms with Gasteiger partial charge in [-0.3, -0.25) is 4.55 Å². The maximum atomic E-state index is 11.6. The Balaban J connectivity index is 1.84. The van der Waals surface area contributed by atoms with E-state index in [0.717, 1.165) is 17.7 Å². The van der Waals surface area contributed by atoms with Crippen LogP contribution in [0.2, 0.25) is 5.02 Å². The zero-order chi connectivity index (χ0) is 21.0. The van der Waals surface area contributed by atoms with Gasteiger partial charge in [-0.1, -0.05) is 48.9 Å². The van der Waals surface area contributed by atoms with Crippen LogP contribution in [-0.4, -0.2) is 31.2 Å². The van der Waals surface area contributed by atoms with Crippen LogP contribution in [0.25, 0.3) is 10.8 Å². The molecule has 0 amide bonds. The van der Waals surface area contributed by atoms with Gasteiger partial charge in [0, 0.05) is 23.5 Å². The Morgan fingerprint density at radius 2 is 1.86 bits per heavy atom. The van der Waals surface area contributed by atoms with E-state index in [0.29, 0.717) is 22.3 Å². The highest BCUT2D eigenvalue weighted by Crippen LogP contribution is 2.27. The molecule has 3 N–H and O–H groups in total. The highest BCUT2D eigenvalue weighted by molar-refractivity contribution is 7.86. The van der Waals surface area contributed by atoms with E-state index in [2.05, 4.69) is 5.43 Å². The van der Waals surface area contributed by atoms with Crippen molar-refractivity contribution in [3.63, 3.8) is 0 Å². The Morgan fingerprint density at radius 3 is 2.55 bits per heavy atom. The summed E-state index contributed by atoms with van der Waals surface area (Å²) in [5.41, 5.74) is 4.78. The van der Waals surface area contributed by atoms with Crippen molar-refractivity contribution in [1.29, 1.82) is 0 Å². The number of halogens is 1. The molecule has 0 heterocycles. The van der Waals surface area contributed by atoms with Gasteiger partial charge in [-0.25, -0.2) is 5.43 Å². The molecule has 3 aromatic rings. The molecule has 0 radical (unpaired) electrons. The Labute approximate surface area is 175 Å². The molecule has 0 aliphatic rings. The SMILES string of the molecule is CCCN(NC[C@H](O)c1cccc(Cl)c1)c1ccc2c(S(=O)(=O)O)cccc2c1. The number of benzene rings is 3. The predicted octanol–water partition coefficient (Wildman–Crippen LogP) is 4.19. The number of anilines is 1. The molecular formula is C21H23ClN2O4S. The van der Waals surface area contributed by atoms with Crippen molar-refractivity contribution in [2.75, 3.05) is 18.1 Å². The van der Waals surface area contributed by atoms with Gasteiger partial charge in [0.2, 0.25) is 0 Å². The molecule has 0 bridgehead atoms. The van der Waals surface area contributed by atoms with Gasteiger partial charge in [0.15, 0.2) is 0 Å². The van der Waals surface area contributed by atoms with Gasteiger partial charge in [0.05, 0.1) is 11.8 Å². The summed E-state index contributed by atoms with van der Waals surface area (Å²) in [5.74, 6) is 0. The maximum Gasteiger partial charge on any atom is 0.295 e. The first-order valence-electron chi connectivity index (χ1n) is 9.24. The average Bonchev–Trinajstić information content (AvgIpc) is 2.69. The summed E-state index contributed by atoms with van der Waals surface area (Å²) < 4.78 is 32.6. The lowest BCUT2D eigenvalue weighted by Gasteiger charge is -2.27. The third-order valence-electron chi connectivity index (χ3n) is 4.57. The number of hydrazine groups is 1. The van der Waals surface area contributed by atoms with Gasteiger partial charge < -0.3 is 10.1 Å². The summed E-state index contributed by atoms with van der Waals surface area (Å²) in [6.07, 6.45) is 0.128. The van der Waals surface area contributed by atoms with Crippen LogP contribution in [0.4, 0.5) is 5.69 Å². The van der Waals surface area contributed by atoms with Crippen LogP contribution in [-0.2, 0) is 10.1 Å². The van der Waals surface area contributed by atoms with Crippen LogP contribution in [0.1, 0.15) is 25.0 Å². The third-order valence-corrected chi connectivity index (χ3v) is 5.72. The fraction of sp³-hybridized carbons (Fsp3) is 0.238. The summed E-state index contributed by atoms with van der Waals surface area (Å²) in [6.45, 7) is 3.01. The predicted molar refractivity (Wildman–Crippen MR) is 116 cm³/mol. The lowest BCUT2D eigenvalue weighted by molar-refractivity contribution is 0.173. The van der Waals surface area contributed by atoms with E-state index >= 15 is 0 Å². The van der Waals surface area contributed by atoms with Crippen molar-refractivity contribution in [3.05, 3.63) is 71.2 Å². The van der Waals surface area contributed by atoms with E-state index < -0.39 is 16.2 Å². The van der Waals surface area contributed by atoms with E-state index in [1.807, 2.05) is 24.1 Å². The van der Waals surface area contributed by atoms with E-state index in [9.17, 15) is 18.1 Å². The Kier molecular flexibility index (Phi) is 6.77. The monoisotopic (exact) mass is 434 g/mol. The standard InChI is InChI=1S/C21H23ClN2O4S/c1-2-11-24(23-14-20(25)16-6-3-7-17(22)12-16)18-9-10-19-15(13-18)5-4-8-21(19)29(26,27)28/h3-10,12-13,20,23,25H,2,11,14H2,1H3,(H,26,27,28)/t20-/m0/s1. The van der Waals surface area contributed by atoms with Crippen LogP contribution in [0.5, 0.6) is 0 Å². The number of nitrogens with zero attached hydrogens (tertiary/aromatic N) is 1. The molecule has 0 saturated heterocycles. The first-order chi connectivity index (χ1) is 13.8. The van der Waals surface area contributed by atoms with Crippen LogP contribution in [0, 0.1) is 0 Å². The molecule has 154 valence electrons. The van der Waals surface area contributed by atoms with Crippen molar-refractivity contribution >= 4 is 38.2 Å². The van der Waals surface area contributed by atoms with Crippen LogP contribution in [0.15, 0.2) is 65.6 Å². The molecule has 8 heteroatoms. The highest BCUT2D eigenvalue weighted by Gasteiger charge is 2.16. The topological polar surface area (TPSA) is 89.9 Å². The lowest BCUT2D eigenvalue weighted by atomic mass is 10.1. The second kappa shape index (κ2) is 9.11. The maximum absolute atomic E-state index is 11.6. The van der Waals surface area contributed by atoms with E-state index in [4.69, 9.17) is 11.6 Å². The molecule has 0 aromatic heterocycles. The second-order valence-corrected chi connectivity index (χ2v) is 8.55. The molecule has 3 aromatic carbocycles. The van der Waals surface area contributed by atoms with Crippen LogP contribution >= 0.6 is 11.6 Å². The lowest BCUT2D eigenvalue weighted by Crippen LogP contribution is -2.41. The minimum Gasteiger partial charge on any atom is -0.387 e. The van der Waals surface area contributed by atoms with Gasteiger partial charge in [-0.15, -0.1) is 0 Å². The largest absolute Gasteiger partial charge is 0.387 e. The minimum atomic E-state index is -4.30. The molecule has 0 fully saturated rings. The number of rotatable bonds is 8. The average molecular weight is 435 g/mol. The number of hydrogen-bond acceptors (Lipinski definition) is 5. The Morgan fingerprint density at radius 1 is 1.10 bits per heavy atom. The number of aliphatic hydroxyl groups excluding tert-OH is 1. The molecule has 3 rings (SSSR count). The fourth-order valence-electron chi connectivity index (χ4n) is 3.19. The van der Waals surface area contributed by atoms with E-state index in [1.54, 1.807) is 42.5 Å². The minimum absolute atomic E-state index is 0.118. The quantitative estimate of drug-likeness (QED) is 0.363. The molecule has 0 aliphatic carbocycles. The normalized spacial score (nSPS) is 12.8. The smallest absolute Gasteiger partial charge is 0.295 e. The molecule has 0 unspecified atom stereocenters. The Hall–Kier alpha value is -2.16. The van der Waals surface area contributed by atoms with Gasteiger partial charge in [0.1, 0.15) is 4.90 Å². The number of hydrogen-bond donors (Lipinski definition) is 3. The zero-order valence-corrected chi connectivity index (χ0v) is 17.5. The number of nitrogens with one attached hydrogen (secondary N) is 1. The van der Waals surface area contributed by atoms with Crippen LogP contribution < -0.4 is 10.4 Å². The van der Waals surface area contributed by atoms with Gasteiger partial charge in [-0.05, 0) is 47.7 Å². The molecular weight excluding hydrogens is 412 g/mol. The molecule has 0 aliphatic heterocycles. The van der Waals surface area contributed by atoms with Crippen molar-refractivity contribution in [2.24, 2.45) is 0 Å². The molecule has 0 spiro atoms. The zero-order valence-electron chi connectivity index (χ0n) is 15.9. The van der Waals surface area contributed by atoms with E-state index in [1.165, 1.54) is 6.07 Å². The summed E-state index contributed by atoms with van der Waals surface area (Å²) in [5, 5.41) is 14.1. The van der Waals surface area contributed by atoms with E-state index in [-0.39, 0.29) is 11.4 Å². The first-order valence-corrected chi connectivity index (χ1v) is 11.1. The van der Waals surface area contributed by atoms with Crippen molar-refractivity contribution in [1.82, 2.24) is 5.43 Å². The Bertz CT molecular complexity index is 1100. The number of fused-ring (bicyclic) bond motifs is 1. The second-order valence-electron chi connectivity index (χ2n) is 6.72. The molecule has 6 nitrogen and oxygen atoms in total. The van der Waals surface area contributed by atoms with Gasteiger partial charge in [-0.2, -0.15) is 8.42 Å². The fourth-order valence-corrected chi connectivity index (χ4v) is 4.10. The first kappa shape index (κ1) is 21.5. The van der Waals surface area contributed by atoms with Crippen LogP contribution in [0.3, 0.4) is 0 Å². The van der Waals surface area contributed by atoms with Crippen molar-refractivity contribution in [2.45, 2.75) is 24.3 Å². The summed E-state index contributed by atoms with van der Waals surface area (Å²) >= 11 is 5.99. The summed E-state index contributed by atoms with van der Waals surface area (Å²) in [4.78, 5) is -0.118. The number of aliphatic hydroxyl groups is 1. The highest BCUT2D eigenvalue weighted by atomic mass is 35.5. The van der Waals surface area contributed by atoms with Crippen molar-refractivity contribution in [3.8, 4) is 0 Å².